The highest BCUT2D eigenvalue weighted by atomic mass is 16.5. The van der Waals surface area contributed by atoms with E-state index in [4.69, 9.17) is 4.74 Å². The molecule has 1 saturated carbocycles. The molecule has 1 aromatic rings. The maximum Gasteiger partial charge on any atom is 0.0687 e. The topological polar surface area (TPSA) is 9.23 Å². The quantitative estimate of drug-likeness (QED) is 0.734. The predicted octanol–water partition coefficient (Wildman–Crippen LogP) is 5.02. The van der Waals surface area contributed by atoms with Crippen molar-refractivity contribution in [2.24, 2.45) is 0 Å². The second kappa shape index (κ2) is 5.18. The summed E-state index contributed by atoms with van der Waals surface area (Å²) in [6, 6.07) is 9.17. The van der Waals surface area contributed by atoms with Gasteiger partial charge in [-0.25, -0.2) is 0 Å². The fourth-order valence-electron chi connectivity index (χ4n) is 3.83. The van der Waals surface area contributed by atoms with E-state index in [2.05, 4.69) is 45.0 Å². The molecule has 1 nitrogen and oxygen atoms in total. The summed E-state index contributed by atoms with van der Waals surface area (Å²) >= 11 is 0. The lowest BCUT2D eigenvalue weighted by molar-refractivity contribution is -0.0355. The Kier molecular flexibility index (Phi) is 3.66. The van der Waals surface area contributed by atoms with Gasteiger partial charge in [0, 0.05) is 0 Å². The second-order valence-electron chi connectivity index (χ2n) is 7.82. The smallest absolute Gasteiger partial charge is 0.0687 e. The summed E-state index contributed by atoms with van der Waals surface area (Å²) in [5.74, 6) is 0. The number of ether oxygens (including phenoxy) is 1. The minimum absolute atomic E-state index is 0.246. The lowest BCUT2D eigenvalue weighted by atomic mass is 9.86. The van der Waals surface area contributed by atoms with Crippen LogP contribution in [0.1, 0.15) is 70.4 Å². The Morgan fingerprint density at radius 1 is 1.05 bits per heavy atom. The molecule has 1 aliphatic carbocycles. The molecule has 1 unspecified atom stereocenters. The summed E-state index contributed by atoms with van der Waals surface area (Å²) in [4.78, 5) is 0. The zero-order valence-electron chi connectivity index (χ0n) is 13.2. The van der Waals surface area contributed by atoms with Gasteiger partial charge in [-0.1, -0.05) is 57.9 Å². The molecule has 1 heteroatoms. The van der Waals surface area contributed by atoms with Crippen LogP contribution in [0.4, 0.5) is 0 Å². The normalized spacial score (nSPS) is 25.4. The van der Waals surface area contributed by atoms with Crippen molar-refractivity contribution in [3.05, 3.63) is 35.4 Å². The molecule has 0 N–H and O–H groups in total. The van der Waals surface area contributed by atoms with E-state index in [-0.39, 0.29) is 11.0 Å². The van der Waals surface area contributed by atoms with Crippen LogP contribution in [-0.2, 0) is 16.6 Å². The first-order chi connectivity index (χ1) is 9.47. The summed E-state index contributed by atoms with van der Waals surface area (Å²) in [7, 11) is 0. The molecule has 1 atom stereocenters. The summed E-state index contributed by atoms with van der Waals surface area (Å²) in [6.07, 6.45) is 9.41. The van der Waals surface area contributed by atoms with Crippen molar-refractivity contribution in [3.8, 4) is 0 Å². The molecule has 0 amide bonds. The van der Waals surface area contributed by atoms with Crippen molar-refractivity contribution in [1.82, 2.24) is 0 Å². The Morgan fingerprint density at radius 3 is 2.30 bits per heavy atom. The van der Waals surface area contributed by atoms with Gasteiger partial charge in [0.1, 0.15) is 0 Å². The molecule has 0 radical (unpaired) electrons. The largest absolute Gasteiger partial charge is 0.371 e. The minimum Gasteiger partial charge on any atom is -0.371 e. The van der Waals surface area contributed by atoms with Crippen LogP contribution in [0.15, 0.2) is 24.3 Å². The van der Waals surface area contributed by atoms with E-state index in [0.29, 0.717) is 6.10 Å². The average molecular weight is 272 g/mol. The van der Waals surface area contributed by atoms with Crippen LogP contribution in [0.3, 0.4) is 0 Å². The van der Waals surface area contributed by atoms with Crippen LogP contribution in [0.5, 0.6) is 0 Å². The maximum atomic E-state index is 6.41. The van der Waals surface area contributed by atoms with Crippen molar-refractivity contribution >= 4 is 0 Å². The van der Waals surface area contributed by atoms with E-state index in [1.54, 1.807) is 0 Å². The molecular weight excluding hydrogens is 244 g/mol. The van der Waals surface area contributed by atoms with Gasteiger partial charge >= 0.3 is 0 Å². The molecule has 2 aliphatic rings. The van der Waals surface area contributed by atoms with E-state index >= 15 is 0 Å². The molecule has 1 aromatic carbocycles. The van der Waals surface area contributed by atoms with Gasteiger partial charge in [0.15, 0.2) is 0 Å². The van der Waals surface area contributed by atoms with E-state index < -0.39 is 0 Å². The lowest BCUT2D eigenvalue weighted by Gasteiger charge is -2.24. The van der Waals surface area contributed by atoms with Crippen LogP contribution in [0, 0.1) is 0 Å². The number of rotatable bonds is 2. The van der Waals surface area contributed by atoms with Crippen molar-refractivity contribution in [2.45, 2.75) is 82.8 Å². The van der Waals surface area contributed by atoms with Crippen LogP contribution in [0.25, 0.3) is 0 Å². The molecule has 0 aromatic heterocycles. The van der Waals surface area contributed by atoms with Crippen molar-refractivity contribution in [2.75, 3.05) is 0 Å². The Hall–Kier alpha value is -0.820. The Balaban J connectivity index is 1.61. The monoisotopic (exact) mass is 272 g/mol. The average Bonchev–Trinajstić information content (AvgIpc) is 3.00. The van der Waals surface area contributed by atoms with Crippen LogP contribution in [-0.4, -0.2) is 11.7 Å². The number of hydrogen-bond donors (Lipinski definition) is 0. The molecule has 20 heavy (non-hydrogen) atoms. The first-order valence-electron chi connectivity index (χ1n) is 8.24. The van der Waals surface area contributed by atoms with Crippen LogP contribution >= 0.6 is 0 Å². The molecule has 110 valence electrons. The van der Waals surface area contributed by atoms with Gasteiger partial charge in [-0.2, -0.15) is 0 Å². The molecule has 2 fully saturated rings. The third kappa shape index (κ3) is 2.93. The molecule has 3 rings (SSSR count). The molecular formula is C19H28O. The van der Waals surface area contributed by atoms with Gasteiger partial charge in [-0.15, -0.1) is 0 Å². The summed E-state index contributed by atoms with van der Waals surface area (Å²) in [6.45, 7) is 6.81. The van der Waals surface area contributed by atoms with E-state index in [0.717, 1.165) is 6.42 Å². The maximum absolute atomic E-state index is 6.41. The molecule has 1 aliphatic heterocycles. The zero-order valence-corrected chi connectivity index (χ0v) is 13.2. The highest BCUT2D eigenvalue weighted by Gasteiger charge is 2.41. The fraction of sp³-hybridized carbons (Fsp3) is 0.684. The molecule has 1 saturated heterocycles. The highest BCUT2D eigenvalue weighted by Crippen LogP contribution is 2.43. The SMILES string of the molecule is CC(C)(C)c1ccc(CC2CCC3(CCCC3)O2)cc1. The Labute approximate surface area is 123 Å². The Bertz CT molecular complexity index is 446. The van der Waals surface area contributed by atoms with Crippen LogP contribution < -0.4 is 0 Å². The van der Waals surface area contributed by atoms with E-state index in [9.17, 15) is 0 Å². The number of hydrogen-bond acceptors (Lipinski definition) is 1. The first-order valence-corrected chi connectivity index (χ1v) is 8.24. The molecule has 1 spiro atoms. The van der Waals surface area contributed by atoms with Crippen molar-refractivity contribution in [1.29, 1.82) is 0 Å². The third-order valence-electron chi connectivity index (χ3n) is 5.14. The number of benzene rings is 1. The van der Waals surface area contributed by atoms with Gasteiger partial charge in [0.2, 0.25) is 0 Å². The summed E-state index contributed by atoms with van der Waals surface area (Å²) in [5, 5.41) is 0. The van der Waals surface area contributed by atoms with Gasteiger partial charge in [0.05, 0.1) is 11.7 Å². The fourth-order valence-corrected chi connectivity index (χ4v) is 3.83. The molecule has 1 heterocycles. The highest BCUT2D eigenvalue weighted by molar-refractivity contribution is 5.28. The minimum atomic E-state index is 0.246. The van der Waals surface area contributed by atoms with Crippen LogP contribution in [0.2, 0.25) is 0 Å². The second-order valence-corrected chi connectivity index (χ2v) is 7.82. The van der Waals surface area contributed by atoms with Gasteiger partial charge in [0.25, 0.3) is 0 Å². The van der Waals surface area contributed by atoms with E-state index in [1.807, 2.05) is 0 Å². The van der Waals surface area contributed by atoms with E-state index in [1.165, 1.54) is 49.7 Å². The first kappa shape index (κ1) is 14.1. The standard InChI is InChI=1S/C19H28O/c1-18(2,3)16-8-6-15(7-9-16)14-17-10-13-19(20-17)11-4-5-12-19/h6-9,17H,4-5,10-14H2,1-3H3. The van der Waals surface area contributed by atoms with Crippen molar-refractivity contribution in [3.63, 3.8) is 0 Å². The van der Waals surface area contributed by atoms with Gasteiger partial charge < -0.3 is 4.74 Å². The van der Waals surface area contributed by atoms with Gasteiger partial charge in [-0.3, -0.25) is 0 Å². The summed E-state index contributed by atoms with van der Waals surface area (Å²) in [5.41, 5.74) is 3.37. The predicted molar refractivity (Wildman–Crippen MR) is 84.2 cm³/mol. The Morgan fingerprint density at radius 2 is 1.70 bits per heavy atom. The van der Waals surface area contributed by atoms with Gasteiger partial charge in [-0.05, 0) is 48.6 Å². The third-order valence-corrected chi connectivity index (χ3v) is 5.14. The van der Waals surface area contributed by atoms with Crippen molar-refractivity contribution < 1.29 is 4.74 Å². The lowest BCUT2D eigenvalue weighted by Crippen LogP contribution is -2.25. The summed E-state index contributed by atoms with van der Waals surface area (Å²) < 4.78 is 6.41. The zero-order chi connectivity index (χ0) is 14.2. The molecule has 0 bridgehead atoms.